The van der Waals surface area contributed by atoms with E-state index in [1.165, 1.54) is 0 Å². The Hall–Kier alpha value is -2.41. The Labute approximate surface area is 144 Å². The fraction of sp³-hybridized carbons (Fsp3) is 0.353. The number of hydrogen-bond acceptors (Lipinski definition) is 5. The minimum Gasteiger partial charge on any atom is -0.345 e. The zero-order valence-electron chi connectivity index (χ0n) is 13.1. The quantitative estimate of drug-likeness (QED) is 0.905. The maximum atomic E-state index is 13.0. The van der Waals surface area contributed by atoms with Crippen LogP contribution in [-0.2, 0) is 9.59 Å². The standard InChI is InChI=1S/C17H18N4O2S/c22-15-11-13(12-3-1-2-4-14(12)19-15)16(23)20-6-8-21(9-7-20)17-18-5-10-24-17/h1-5,10,13H,6-9,11H2,(H,19,22)/t13-/m1/s1. The summed E-state index contributed by atoms with van der Waals surface area (Å²) in [5.74, 6) is -0.411. The Morgan fingerprint density at radius 2 is 2.00 bits per heavy atom. The maximum Gasteiger partial charge on any atom is 0.230 e. The van der Waals surface area contributed by atoms with Gasteiger partial charge in [0.1, 0.15) is 0 Å². The van der Waals surface area contributed by atoms with Crippen LogP contribution in [-0.4, -0.2) is 47.9 Å². The molecule has 0 saturated carbocycles. The number of amides is 2. The van der Waals surface area contributed by atoms with Gasteiger partial charge in [0.15, 0.2) is 5.13 Å². The molecule has 1 aromatic heterocycles. The van der Waals surface area contributed by atoms with Crippen molar-refractivity contribution < 1.29 is 9.59 Å². The second-order valence-electron chi connectivity index (χ2n) is 6.02. The van der Waals surface area contributed by atoms with Gasteiger partial charge in [-0.3, -0.25) is 9.59 Å². The van der Waals surface area contributed by atoms with E-state index in [-0.39, 0.29) is 24.2 Å². The second kappa shape index (κ2) is 6.24. The molecule has 0 spiro atoms. The van der Waals surface area contributed by atoms with Gasteiger partial charge in [-0.15, -0.1) is 11.3 Å². The highest BCUT2D eigenvalue weighted by atomic mass is 32.1. The highest BCUT2D eigenvalue weighted by Gasteiger charge is 2.34. The van der Waals surface area contributed by atoms with Crippen LogP contribution >= 0.6 is 11.3 Å². The molecule has 0 aliphatic carbocycles. The lowest BCUT2D eigenvalue weighted by Crippen LogP contribution is -2.50. The first kappa shape index (κ1) is 15.1. The molecule has 6 nitrogen and oxygen atoms in total. The van der Waals surface area contributed by atoms with Crippen LogP contribution in [0.2, 0.25) is 0 Å². The Balaban J connectivity index is 1.48. The summed E-state index contributed by atoms with van der Waals surface area (Å²) in [6.45, 7) is 2.89. The van der Waals surface area contributed by atoms with Crippen molar-refractivity contribution in [3.8, 4) is 0 Å². The third-order valence-electron chi connectivity index (χ3n) is 4.58. The molecule has 24 heavy (non-hydrogen) atoms. The lowest BCUT2D eigenvalue weighted by molar-refractivity contribution is -0.135. The predicted octanol–water partition coefficient (Wildman–Crippen LogP) is 1.92. The average molecular weight is 342 g/mol. The van der Waals surface area contributed by atoms with Crippen molar-refractivity contribution in [1.29, 1.82) is 0 Å². The molecule has 1 aromatic carbocycles. The fourth-order valence-corrected chi connectivity index (χ4v) is 4.04. The van der Waals surface area contributed by atoms with E-state index >= 15 is 0 Å². The monoisotopic (exact) mass is 342 g/mol. The van der Waals surface area contributed by atoms with Gasteiger partial charge in [-0.25, -0.2) is 4.98 Å². The molecule has 0 radical (unpaired) electrons. The molecule has 2 aromatic rings. The molecule has 0 unspecified atom stereocenters. The molecule has 0 bridgehead atoms. The highest BCUT2D eigenvalue weighted by molar-refractivity contribution is 7.13. The minimum atomic E-state index is -0.374. The Kier molecular flexibility index (Phi) is 3.93. The van der Waals surface area contributed by atoms with Crippen molar-refractivity contribution in [2.45, 2.75) is 12.3 Å². The van der Waals surface area contributed by atoms with Gasteiger partial charge in [-0.1, -0.05) is 18.2 Å². The van der Waals surface area contributed by atoms with Crippen LogP contribution in [0.4, 0.5) is 10.8 Å². The van der Waals surface area contributed by atoms with Gasteiger partial charge in [-0.2, -0.15) is 0 Å². The first-order chi connectivity index (χ1) is 11.7. The van der Waals surface area contributed by atoms with E-state index in [4.69, 9.17) is 0 Å². The summed E-state index contributed by atoms with van der Waals surface area (Å²) in [7, 11) is 0. The molecule has 1 atom stereocenters. The molecular weight excluding hydrogens is 324 g/mol. The molecule has 3 heterocycles. The number of aromatic nitrogens is 1. The first-order valence-electron chi connectivity index (χ1n) is 8.04. The summed E-state index contributed by atoms with van der Waals surface area (Å²) in [5, 5.41) is 5.82. The number of rotatable bonds is 2. The normalized spacial score (nSPS) is 20.5. The summed E-state index contributed by atoms with van der Waals surface area (Å²) in [4.78, 5) is 33.3. The van der Waals surface area contributed by atoms with E-state index in [1.807, 2.05) is 34.5 Å². The first-order valence-corrected chi connectivity index (χ1v) is 8.92. The molecule has 2 amide bonds. The van der Waals surface area contributed by atoms with Crippen LogP contribution in [0.15, 0.2) is 35.8 Å². The van der Waals surface area contributed by atoms with Crippen molar-refractivity contribution in [2.75, 3.05) is 36.4 Å². The number of fused-ring (bicyclic) bond motifs is 1. The zero-order valence-corrected chi connectivity index (χ0v) is 14.0. The number of thiazole rings is 1. The Bertz CT molecular complexity index is 754. The maximum absolute atomic E-state index is 13.0. The lowest BCUT2D eigenvalue weighted by atomic mass is 9.89. The molecule has 2 aliphatic heterocycles. The molecule has 124 valence electrons. The van der Waals surface area contributed by atoms with Gasteiger partial charge in [0.2, 0.25) is 11.8 Å². The van der Waals surface area contributed by atoms with Crippen molar-refractivity contribution in [3.05, 3.63) is 41.4 Å². The zero-order chi connectivity index (χ0) is 16.5. The number of anilines is 2. The summed E-state index contributed by atoms with van der Waals surface area (Å²) >= 11 is 1.62. The molecule has 1 N–H and O–H groups in total. The van der Waals surface area contributed by atoms with Gasteiger partial charge in [0.25, 0.3) is 0 Å². The third-order valence-corrected chi connectivity index (χ3v) is 5.41. The molecule has 1 fully saturated rings. The lowest BCUT2D eigenvalue weighted by Gasteiger charge is -2.37. The summed E-state index contributed by atoms with van der Waals surface area (Å²) in [6, 6.07) is 7.58. The van der Waals surface area contributed by atoms with Crippen LogP contribution in [0.3, 0.4) is 0 Å². The van der Waals surface area contributed by atoms with E-state index in [9.17, 15) is 9.59 Å². The number of hydrogen-bond donors (Lipinski definition) is 1. The number of para-hydroxylation sites is 1. The summed E-state index contributed by atoms with van der Waals surface area (Å²) in [5.41, 5.74) is 1.68. The molecule has 7 heteroatoms. The number of nitrogens with zero attached hydrogens (tertiary/aromatic N) is 3. The molecule has 1 saturated heterocycles. The van der Waals surface area contributed by atoms with Crippen molar-refractivity contribution in [3.63, 3.8) is 0 Å². The molecular formula is C17H18N4O2S. The average Bonchev–Trinajstić information content (AvgIpc) is 3.15. The largest absolute Gasteiger partial charge is 0.345 e. The minimum absolute atomic E-state index is 0.0519. The van der Waals surface area contributed by atoms with Crippen molar-refractivity contribution in [1.82, 2.24) is 9.88 Å². The van der Waals surface area contributed by atoms with E-state index in [2.05, 4.69) is 15.2 Å². The van der Waals surface area contributed by atoms with E-state index in [1.54, 1.807) is 17.5 Å². The van der Waals surface area contributed by atoms with Gasteiger partial charge in [-0.05, 0) is 11.6 Å². The number of nitrogens with one attached hydrogen (secondary N) is 1. The van der Waals surface area contributed by atoms with E-state index < -0.39 is 0 Å². The SMILES string of the molecule is O=C1C[C@@H](C(=O)N2CCN(c3nccs3)CC2)c2ccccc2N1. The van der Waals surface area contributed by atoms with Gasteiger partial charge in [0.05, 0.1) is 5.92 Å². The molecule has 2 aliphatic rings. The van der Waals surface area contributed by atoms with Crippen molar-refractivity contribution in [2.24, 2.45) is 0 Å². The van der Waals surface area contributed by atoms with Crippen LogP contribution in [0.1, 0.15) is 17.9 Å². The highest BCUT2D eigenvalue weighted by Crippen LogP contribution is 2.33. The summed E-state index contributed by atoms with van der Waals surface area (Å²) < 4.78 is 0. The number of carbonyl (C=O) groups excluding carboxylic acids is 2. The number of carbonyl (C=O) groups is 2. The smallest absolute Gasteiger partial charge is 0.230 e. The van der Waals surface area contributed by atoms with Crippen LogP contribution in [0.25, 0.3) is 0 Å². The number of piperazine rings is 1. The fourth-order valence-electron chi connectivity index (χ4n) is 3.34. The summed E-state index contributed by atoms with van der Waals surface area (Å²) in [6.07, 6.45) is 2.03. The Morgan fingerprint density at radius 1 is 1.21 bits per heavy atom. The molecule has 4 rings (SSSR count). The van der Waals surface area contributed by atoms with E-state index in [0.29, 0.717) is 13.1 Å². The van der Waals surface area contributed by atoms with Crippen LogP contribution in [0.5, 0.6) is 0 Å². The Morgan fingerprint density at radius 3 is 2.75 bits per heavy atom. The van der Waals surface area contributed by atoms with E-state index in [0.717, 1.165) is 29.5 Å². The van der Waals surface area contributed by atoms with Crippen LogP contribution in [0, 0.1) is 0 Å². The predicted molar refractivity (Wildman–Crippen MR) is 93.3 cm³/mol. The number of benzene rings is 1. The van der Waals surface area contributed by atoms with Gasteiger partial charge >= 0.3 is 0 Å². The van der Waals surface area contributed by atoms with Gasteiger partial charge in [0, 0.05) is 49.9 Å². The van der Waals surface area contributed by atoms with Crippen molar-refractivity contribution >= 4 is 34.0 Å². The van der Waals surface area contributed by atoms with Crippen LogP contribution < -0.4 is 10.2 Å². The topological polar surface area (TPSA) is 65.5 Å². The second-order valence-corrected chi connectivity index (χ2v) is 6.89. The van der Waals surface area contributed by atoms with Gasteiger partial charge < -0.3 is 15.1 Å². The third kappa shape index (κ3) is 2.75.